The van der Waals surface area contributed by atoms with Crippen molar-refractivity contribution in [3.63, 3.8) is 0 Å². The summed E-state index contributed by atoms with van der Waals surface area (Å²) >= 11 is 0. The van der Waals surface area contributed by atoms with Gasteiger partial charge >= 0.3 is 17.8 Å². The summed E-state index contributed by atoms with van der Waals surface area (Å²) in [4.78, 5) is 39.1. The van der Waals surface area contributed by atoms with Crippen LogP contribution in [0.1, 0.15) is 23.0 Å². The first-order chi connectivity index (χ1) is 11.6. The Morgan fingerprint density at radius 2 is 1.79 bits per heavy atom. The zero-order valence-electron chi connectivity index (χ0n) is 13.1. The summed E-state index contributed by atoms with van der Waals surface area (Å²) in [6.07, 6.45) is 1.60. The number of carbonyl (C=O) groups excluding carboxylic acids is 3. The second-order valence-corrected chi connectivity index (χ2v) is 4.76. The van der Waals surface area contributed by atoms with Crippen LogP contribution < -0.4 is 10.6 Å². The first kappa shape index (κ1) is 17.1. The molecule has 0 unspecified atom stereocenters. The molecule has 2 rings (SSSR count). The van der Waals surface area contributed by atoms with E-state index in [1.807, 2.05) is 0 Å². The van der Waals surface area contributed by atoms with Crippen molar-refractivity contribution in [2.24, 2.45) is 0 Å². The zero-order chi connectivity index (χ0) is 17.4. The summed E-state index contributed by atoms with van der Waals surface area (Å²) in [5, 5.41) is 4.93. The molecule has 0 radical (unpaired) electrons. The van der Waals surface area contributed by atoms with Crippen LogP contribution in [-0.2, 0) is 20.9 Å². The highest BCUT2D eigenvalue weighted by Gasteiger charge is 2.14. The highest BCUT2D eigenvalue weighted by molar-refractivity contribution is 6.39. The second kappa shape index (κ2) is 8.42. The summed E-state index contributed by atoms with van der Waals surface area (Å²) in [5.74, 6) is -2.01. The highest BCUT2D eigenvalue weighted by Crippen LogP contribution is 2.10. The van der Waals surface area contributed by atoms with E-state index in [2.05, 4.69) is 15.6 Å². The zero-order valence-corrected chi connectivity index (χ0v) is 13.1. The number of nitrogens with one attached hydrogen (secondary N) is 2. The van der Waals surface area contributed by atoms with Crippen molar-refractivity contribution < 1.29 is 19.1 Å². The van der Waals surface area contributed by atoms with Crippen LogP contribution in [0.5, 0.6) is 0 Å². The Labute approximate surface area is 139 Å². The molecule has 7 heteroatoms. The smallest absolute Gasteiger partial charge is 0.338 e. The van der Waals surface area contributed by atoms with Crippen molar-refractivity contribution in [3.8, 4) is 0 Å². The molecule has 0 atom stereocenters. The number of pyridine rings is 1. The fraction of sp³-hybridized carbons (Fsp3) is 0.176. The predicted octanol–water partition coefficient (Wildman–Crippen LogP) is 1.51. The van der Waals surface area contributed by atoms with Gasteiger partial charge in [-0.2, -0.15) is 0 Å². The van der Waals surface area contributed by atoms with Crippen LogP contribution in [0.15, 0.2) is 48.7 Å². The average Bonchev–Trinajstić information content (AvgIpc) is 2.61. The number of esters is 1. The Hall–Kier alpha value is -3.22. The number of aromatic nitrogens is 1. The van der Waals surface area contributed by atoms with Crippen LogP contribution >= 0.6 is 0 Å². The largest absolute Gasteiger partial charge is 0.462 e. The van der Waals surface area contributed by atoms with Crippen LogP contribution in [0.3, 0.4) is 0 Å². The second-order valence-electron chi connectivity index (χ2n) is 4.76. The van der Waals surface area contributed by atoms with Crippen LogP contribution in [-0.4, -0.2) is 29.4 Å². The number of nitrogens with zero attached hydrogens (tertiary/aromatic N) is 1. The van der Waals surface area contributed by atoms with Crippen LogP contribution in [0.4, 0.5) is 5.69 Å². The van der Waals surface area contributed by atoms with Gasteiger partial charge in [-0.05, 0) is 43.3 Å². The lowest BCUT2D eigenvalue weighted by Gasteiger charge is -2.07. The topological polar surface area (TPSA) is 97.4 Å². The van der Waals surface area contributed by atoms with Crippen molar-refractivity contribution in [2.45, 2.75) is 13.5 Å². The molecule has 7 nitrogen and oxygen atoms in total. The molecule has 0 aliphatic rings. The van der Waals surface area contributed by atoms with Gasteiger partial charge in [0.25, 0.3) is 0 Å². The van der Waals surface area contributed by atoms with Crippen molar-refractivity contribution in [1.82, 2.24) is 10.3 Å². The standard InChI is InChI=1S/C17H17N3O4/c1-2-24-17(23)12-6-8-13(9-7-12)20-16(22)15(21)19-11-14-5-3-4-10-18-14/h3-10H,2,11H2,1H3,(H,19,21)(H,20,22). The lowest BCUT2D eigenvalue weighted by atomic mass is 10.2. The van der Waals surface area contributed by atoms with Crippen molar-refractivity contribution >= 4 is 23.5 Å². The van der Waals surface area contributed by atoms with E-state index in [1.165, 1.54) is 24.3 Å². The lowest BCUT2D eigenvalue weighted by Crippen LogP contribution is -2.35. The molecule has 0 bridgehead atoms. The third-order valence-corrected chi connectivity index (χ3v) is 3.02. The van der Waals surface area contributed by atoms with Gasteiger partial charge in [0, 0.05) is 11.9 Å². The van der Waals surface area contributed by atoms with E-state index in [9.17, 15) is 14.4 Å². The minimum atomic E-state index is -0.796. The number of ether oxygens (including phenoxy) is 1. The number of hydrogen-bond donors (Lipinski definition) is 2. The lowest BCUT2D eigenvalue weighted by molar-refractivity contribution is -0.136. The Balaban J connectivity index is 1.87. The van der Waals surface area contributed by atoms with E-state index in [0.717, 1.165) is 0 Å². The van der Waals surface area contributed by atoms with E-state index in [4.69, 9.17) is 4.74 Å². The number of hydrogen-bond acceptors (Lipinski definition) is 5. The van der Waals surface area contributed by atoms with Gasteiger partial charge in [0.15, 0.2) is 0 Å². The summed E-state index contributed by atoms with van der Waals surface area (Å²) in [5.41, 5.74) is 1.42. The maximum absolute atomic E-state index is 11.8. The molecule has 0 aliphatic heterocycles. The fourth-order valence-electron chi connectivity index (χ4n) is 1.85. The molecule has 1 aromatic carbocycles. The quantitative estimate of drug-likeness (QED) is 0.641. The van der Waals surface area contributed by atoms with E-state index in [1.54, 1.807) is 31.3 Å². The molecule has 0 aliphatic carbocycles. The Morgan fingerprint density at radius 3 is 2.42 bits per heavy atom. The molecule has 0 spiro atoms. The number of carbonyl (C=O) groups is 3. The molecular formula is C17H17N3O4. The Kier molecular flexibility index (Phi) is 6.01. The van der Waals surface area contributed by atoms with Crippen molar-refractivity contribution in [3.05, 3.63) is 59.9 Å². The Bertz CT molecular complexity index is 714. The molecule has 1 aromatic heterocycles. The number of rotatable bonds is 5. The minimum Gasteiger partial charge on any atom is -0.462 e. The van der Waals surface area contributed by atoms with Gasteiger partial charge in [-0.1, -0.05) is 6.07 Å². The fourth-order valence-corrected chi connectivity index (χ4v) is 1.85. The van der Waals surface area contributed by atoms with Crippen molar-refractivity contribution in [2.75, 3.05) is 11.9 Å². The molecule has 0 saturated carbocycles. The van der Waals surface area contributed by atoms with E-state index in [-0.39, 0.29) is 13.2 Å². The van der Waals surface area contributed by atoms with Gasteiger partial charge in [-0.15, -0.1) is 0 Å². The molecule has 124 valence electrons. The molecule has 0 fully saturated rings. The first-order valence-corrected chi connectivity index (χ1v) is 7.36. The number of amides is 2. The molecular weight excluding hydrogens is 310 g/mol. The van der Waals surface area contributed by atoms with Gasteiger partial charge in [-0.3, -0.25) is 14.6 Å². The third-order valence-electron chi connectivity index (χ3n) is 3.02. The normalized spacial score (nSPS) is 9.88. The Morgan fingerprint density at radius 1 is 1.04 bits per heavy atom. The van der Waals surface area contributed by atoms with E-state index >= 15 is 0 Å². The molecule has 1 heterocycles. The monoisotopic (exact) mass is 327 g/mol. The van der Waals surface area contributed by atoms with Gasteiger partial charge in [-0.25, -0.2) is 4.79 Å². The molecule has 2 aromatic rings. The predicted molar refractivity (Wildman–Crippen MR) is 87.1 cm³/mol. The van der Waals surface area contributed by atoms with E-state index in [0.29, 0.717) is 16.9 Å². The van der Waals surface area contributed by atoms with Gasteiger partial charge in [0.05, 0.1) is 24.4 Å². The molecule has 24 heavy (non-hydrogen) atoms. The van der Waals surface area contributed by atoms with Crippen LogP contribution in [0.25, 0.3) is 0 Å². The summed E-state index contributed by atoms with van der Waals surface area (Å²) < 4.78 is 4.86. The number of anilines is 1. The maximum atomic E-state index is 11.8. The molecule has 2 N–H and O–H groups in total. The average molecular weight is 327 g/mol. The first-order valence-electron chi connectivity index (χ1n) is 7.36. The minimum absolute atomic E-state index is 0.162. The summed E-state index contributed by atoms with van der Waals surface area (Å²) in [7, 11) is 0. The van der Waals surface area contributed by atoms with E-state index < -0.39 is 17.8 Å². The SMILES string of the molecule is CCOC(=O)c1ccc(NC(=O)C(=O)NCc2ccccn2)cc1. The van der Waals surface area contributed by atoms with Crippen LogP contribution in [0.2, 0.25) is 0 Å². The molecule has 0 saturated heterocycles. The molecule has 2 amide bonds. The number of benzene rings is 1. The van der Waals surface area contributed by atoms with Gasteiger partial charge in [0.2, 0.25) is 0 Å². The van der Waals surface area contributed by atoms with Gasteiger partial charge in [0.1, 0.15) is 0 Å². The van der Waals surface area contributed by atoms with Gasteiger partial charge < -0.3 is 15.4 Å². The maximum Gasteiger partial charge on any atom is 0.338 e. The van der Waals surface area contributed by atoms with Crippen LogP contribution in [0, 0.1) is 0 Å². The summed E-state index contributed by atoms with van der Waals surface area (Å²) in [6, 6.07) is 11.4. The highest BCUT2D eigenvalue weighted by atomic mass is 16.5. The van der Waals surface area contributed by atoms with Crippen molar-refractivity contribution in [1.29, 1.82) is 0 Å². The summed E-state index contributed by atoms with van der Waals surface area (Å²) in [6.45, 7) is 2.17. The third kappa shape index (κ3) is 4.91.